The van der Waals surface area contributed by atoms with Gasteiger partial charge in [-0.2, -0.15) is 4.98 Å². The molecule has 0 amide bonds. The molecule has 1 unspecified atom stereocenters. The van der Waals surface area contributed by atoms with Crippen LogP contribution in [0.25, 0.3) is 22.4 Å². The smallest absolute Gasteiger partial charge is 0.244 e. The average Bonchev–Trinajstić information content (AvgIpc) is 3.34. The van der Waals surface area contributed by atoms with E-state index in [9.17, 15) is 0 Å². The van der Waals surface area contributed by atoms with Crippen LogP contribution in [-0.4, -0.2) is 55.3 Å². The lowest BCUT2D eigenvalue weighted by Gasteiger charge is -2.23. The van der Waals surface area contributed by atoms with E-state index in [0.717, 1.165) is 36.1 Å². The van der Waals surface area contributed by atoms with Gasteiger partial charge in [0.25, 0.3) is 0 Å². The quantitative estimate of drug-likeness (QED) is 0.592. The predicted molar refractivity (Wildman–Crippen MR) is 99.0 cm³/mol. The van der Waals surface area contributed by atoms with E-state index in [1.165, 1.54) is 0 Å². The van der Waals surface area contributed by atoms with E-state index in [4.69, 9.17) is 9.47 Å². The number of ether oxygens (including phenoxy) is 2. The Balaban J connectivity index is 1.56. The van der Waals surface area contributed by atoms with Crippen molar-refractivity contribution in [3.05, 3.63) is 37.1 Å². The summed E-state index contributed by atoms with van der Waals surface area (Å²) in [7, 11) is 1.62. The molecule has 4 aromatic rings. The summed E-state index contributed by atoms with van der Waals surface area (Å²) in [6, 6.07) is 2.20. The average molecular weight is 365 g/mol. The molecule has 9 nitrogen and oxygen atoms in total. The summed E-state index contributed by atoms with van der Waals surface area (Å²) < 4.78 is 14.7. The van der Waals surface area contributed by atoms with Gasteiger partial charge in [0.15, 0.2) is 0 Å². The Morgan fingerprint density at radius 3 is 3.11 bits per heavy atom. The zero-order valence-corrected chi connectivity index (χ0v) is 14.9. The molecule has 1 fully saturated rings. The number of imidazole rings is 1. The molecule has 138 valence electrons. The van der Waals surface area contributed by atoms with Crippen molar-refractivity contribution < 1.29 is 9.47 Å². The third-order valence-electron chi connectivity index (χ3n) is 4.72. The van der Waals surface area contributed by atoms with Crippen molar-refractivity contribution in [1.29, 1.82) is 0 Å². The lowest BCUT2D eigenvalue weighted by molar-refractivity contribution is 0.0873. The van der Waals surface area contributed by atoms with Gasteiger partial charge in [0.05, 0.1) is 19.8 Å². The third kappa shape index (κ3) is 2.85. The fourth-order valence-electron chi connectivity index (χ4n) is 3.42. The first-order valence-corrected chi connectivity index (χ1v) is 8.88. The van der Waals surface area contributed by atoms with Crippen molar-refractivity contribution in [2.45, 2.75) is 18.9 Å². The molecule has 27 heavy (non-hydrogen) atoms. The molecule has 1 N–H and O–H groups in total. The molecule has 9 heteroatoms. The minimum Gasteiger partial charge on any atom is -0.479 e. The van der Waals surface area contributed by atoms with Gasteiger partial charge in [0.1, 0.15) is 5.52 Å². The Bertz CT molecular complexity index is 1100. The number of methoxy groups -OCH3 is 1. The van der Waals surface area contributed by atoms with Crippen molar-refractivity contribution in [3.63, 3.8) is 0 Å². The third-order valence-corrected chi connectivity index (χ3v) is 4.72. The lowest BCUT2D eigenvalue weighted by atomic mass is 10.1. The normalized spacial score (nSPS) is 17.4. The molecule has 1 aliphatic rings. The minimum atomic E-state index is 0.212. The van der Waals surface area contributed by atoms with Gasteiger partial charge in [-0.25, -0.2) is 14.5 Å². The summed E-state index contributed by atoms with van der Waals surface area (Å²) in [5, 5.41) is 7.94. The molecular weight excluding hydrogens is 346 g/mol. The molecule has 1 aliphatic heterocycles. The summed E-state index contributed by atoms with van der Waals surface area (Å²) in [6.45, 7) is 1.48. The van der Waals surface area contributed by atoms with Crippen LogP contribution in [0.1, 0.15) is 12.8 Å². The van der Waals surface area contributed by atoms with Crippen molar-refractivity contribution in [3.8, 4) is 17.0 Å². The van der Waals surface area contributed by atoms with E-state index < -0.39 is 0 Å². The standard InChI is InChI=1S/C18H19N7O2/c1-26-16-15-14(12-9-20-18-19-5-7-24(18)10-12)4-6-25(15)23-17(22-16)21-13-3-2-8-27-11-13/h4-7,9-10,13H,2-3,8,11H2,1H3,(H,21,23). The SMILES string of the molecule is COc1nc(NC2CCCOC2)nn2ccc(-c3cnc4nccn4c3)c12. The first kappa shape index (κ1) is 16.0. The highest BCUT2D eigenvalue weighted by atomic mass is 16.5. The van der Waals surface area contributed by atoms with Crippen LogP contribution < -0.4 is 10.1 Å². The fourth-order valence-corrected chi connectivity index (χ4v) is 3.42. The van der Waals surface area contributed by atoms with Crippen molar-refractivity contribution in [2.75, 3.05) is 25.6 Å². The van der Waals surface area contributed by atoms with Crippen LogP contribution >= 0.6 is 0 Å². The molecule has 5 heterocycles. The number of fused-ring (bicyclic) bond motifs is 2. The summed E-state index contributed by atoms with van der Waals surface area (Å²) in [6.07, 6.45) is 11.3. The van der Waals surface area contributed by atoms with E-state index in [-0.39, 0.29) is 6.04 Å². The summed E-state index contributed by atoms with van der Waals surface area (Å²) in [4.78, 5) is 13.1. The second-order valence-electron chi connectivity index (χ2n) is 6.50. The van der Waals surface area contributed by atoms with E-state index >= 15 is 0 Å². The van der Waals surface area contributed by atoms with Gasteiger partial charge in [-0.1, -0.05) is 0 Å². The summed E-state index contributed by atoms with van der Waals surface area (Å²) in [5.41, 5.74) is 2.68. The number of nitrogens with one attached hydrogen (secondary N) is 1. The molecule has 0 bridgehead atoms. The van der Waals surface area contributed by atoms with Crippen LogP contribution in [0.3, 0.4) is 0 Å². The van der Waals surface area contributed by atoms with Gasteiger partial charge in [-0.15, -0.1) is 5.10 Å². The second kappa shape index (κ2) is 6.51. The van der Waals surface area contributed by atoms with E-state index in [1.807, 2.05) is 29.1 Å². The number of aromatic nitrogens is 6. The fraction of sp³-hybridized carbons (Fsp3) is 0.333. The summed E-state index contributed by atoms with van der Waals surface area (Å²) >= 11 is 0. The monoisotopic (exact) mass is 365 g/mol. The molecule has 0 aliphatic carbocycles. The van der Waals surface area contributed by atoms with Gasteiger partial charge >= 0.3 is 0 Å². The molecule has 0 spiro atoms. The molecule has 4 aromatic heterocycles. The summed E-state index contributed by atoms with van der Waals surface area (Å²) in [5.74, 6) is 1.70. The van der Waals surface area contributed by atoms with Crippen LogP contribution in [0.15, 0.2) is 37.1 Å². The van der Waals surface area contributed by atoms with Gasteiger partial charge < -0.3 is 14.8 Å². The maximum Gasteiger partial charge on any atom is 0.244 e. The van der Waals surface area contributed by atoms with E-state index in [0.29, 0.717) is 24.2 Å². The molecule has 0 radical (unpaired) electrons. The van der Waals surface area contributed by atoms with Crippen LogP contribution in [0.2, 0.25) is 0 Å². The molecule has 1 atom stereocenters. The van der Waals surface area contributed by atoms with Gasteiger partial charge in [0, 0.05) is 48.7 Å². The van der Waals surface area contributed by atoms with E-state index in [2.05, 4.69) is 25.4 Å². The maximum atomic E-state index is 5.57. The predicted octanol–water partition coefficient (Wildman–Crippen LogP) is 2.04. The largest absolute Gasteiger partial charge is 0.479 e. The Morgan fingerprint density at radius 2 is 2.26 bits per heavy atom. The first-order valence-electron chi connectivity index (χ1n) is 8.88. The highest BCUT2D eigenvalue weighted by Gasteiger charge is 2.19. The Morgan fingerprint density at radius 1 is 1.30 bits per heavy atom. The number of anilines is 1. The van der Waals surface area contributed by atoms with Gasteiger partial charge in [-0.3, -0.25) is 4.40 Å². The van der Waals surface area contributed by atoms with Gasteiger partial charge in [-0.05, 0) is 18.9 Å². The number of nitrogens with zero attached hydrogens (tertiary/aromatic N) is 6. The lowest BCUT2D eigenvalue weighted by Crippen LogP contribution is -2.31. The topological polar surface area (TPSA) is 90.9 Å². The Kier molecular flexibility index (Phi) is 3.86. The number of hydrogen-bond donors (Lipinski definition) is 1. The zero-order valence-electron chi connectivity index (χ0n) is 14.9. The van der Waals surface area contributed by atoms with Crippen LogP contribution in [0.5, 0.6) is 5.88 Å². The molecule has 0 saturated carbocycles. The zero-order chi connectivity index (χ0) is 18.2. The molecule has 5 rings (SSSR count). The van der Waals surface area contributed by atoms with Crippen LogP contribution in [0, 0.1) is 0 Å². The first-order chi connectivity index (χ1) is 13.3. The second-order valence-corrected chi connectivity index (χ2v) is 6.50. The maximum absolute atomic E-state index is 5.57. The molecule has 1 saturated heterocycles. The van der Waals surface area contributed by atoms with Crippen molar-refractivity contribution >= 4 is 17.2 Å². The minimum absolute atomic E-state index is 0.212. The Labute approximate surface area is 155 Å². The highest BCUT2D eigenvalue weighted by molar-refractivity contribution is 5.84. The number of rotatable bonds is 4. The molecular formula is C18H19N7O2. The van der Waals surface area contributed by atoms with E-state index in [1.54, 1.807) is 24.0 Å². The van der Waals surface area contributed by atoms with Crippen molar-refractivity contribution in [1.82, 2.24) is 29.0 Å². The number of hydrogen-bond acceptors (Lipinski definition) is 7. The van der Waals surface area contributed by atoms with Crippen molar-refractivity contribution in [2.24, 2.45) is 0 Å². The Hall–Kier alpha value is -3.20. The molecule has 0 aromatic carbocycles. The van der Waals surface area contributed by atoms with Crippen LogP contribution in [-0.2, 0) is 4.74 Å². The van der Waals surface area contributed by atoms with Gasteiger partial charge in [0.2, 0.25) is 17.6 Å². The van der Waals surface area contributed by atoms with Crippen LogP contribution in [0.4, 0.5) is 5.95 Å². The highest BCUT2D eigenvalue weighted by Crippen LogP contribution is 2.31.